The van der Waals surface area contributed by atoms with Gasteiger partial charge in [0.2, 0.25) is 5.91 Å². The van der Waals surface area contributed by atoms with E-state index in [0.717, 1.165) is 19.5 Å². The molecule has 2 saturated heterocycles. The average Bonchev–Trinajstić information content (AvgIpc) is 2.76. The van der Waals surface area contributed by atoms with E-state index >= 15 is 0 Å². The summed E-state index contributed by atoms with van der Waals surface area (Å²) < 4.78 is 0. The number of nitrogens with zero attached hydrogens (tertiary/aromatic N) is 1. The third-order valence-corrected chi connectivity index (χ3v) is 4.13. The van der Waals surface area contributed by atoms with Crippen LogP contribution in [-0.2, 0) is 4.79 Å². The zero-order valence-corrected chi connectivity index (χ0v) is 10.9. The summed E-state index contributed by atoms with van der Waals surface area (Å²) in [6.07, 6.45) is 3.59. The van der Waals surface area contributed by atoms with Gasteiger partial charge in [0.15, 0.2) is 0 Å². The molecule has 2 aliphatic heterocycles. The van der Waals surface area contributed by atoms with E-state index in [-0.39, 0.29) is 17.2 Å². The lowest BCUT2D eigenvalue weighted by molar-refractivity contribution is -0.131. The summed E-state index contributed by atoms with van der Waals surface area (Å²) in [4.78, 5) is 24.8. The van der Waals surface area contributed by atoms with Gasteiger partial charge in [-0.1, -0.05) is 18.2 Å². The van der Waals surface area contributed by atoms with Crippen LogP contribution in [0.4, 0.5) is 4.79 Å². The van der Waals surface area contributed by atoms with Crippen LogP contribution in [0, 0.1) is 0 Å². The SMILES string of the molecule is CN(CC1CCCCN1)C(=O)C1CSC(=O)N1. The second kappa shape index (κ2) is 5.73. The number of carbonyl (C=O) groups is 2. The number of carbonyl (C=O) groups excluding carboxylic acids is 2. The lowest BCUT2D eigenvalue weighted by Crippen LogP contribution is -2.49. The Morgan fingerprint density at radius 3 is 2.94 bits per heavy atom. The van der Waals surface area contributed by atoms with Crippen LogP contribution in [0.3, 0.4) is 0 Å². The minimum Gasteiger partial charge on any atom is -0.342 e. The molecule has 2 fully saturated rings. The Morgan fingerprint density at radius 2 is 2.35 bits per heavy atom. The summed E-state index contributed by atoms with van der Waals surface area (Å²) in [5, 5.41) is 6.01. The summed E-state index contributed by atoms with van der Waals surface area (Å²) in [6.45, 7) is 1.78. The molecule has 0 aromatic carbocycles. The number of nitrogens with one attached hydrogen (secondary N) is 2. The number of hydrogen-bond acceptors (Lipinski definition) is 4. The number of piperidine rings is 1. The van der Waals surface area contributed by atoms with Crippen LogP contribution in [0.15, 0.2) is 0 Å². The van der Waals surface area contributed by atoms with E-state index in [1.54, 1.807) is 4.90 Å². The van der Waals surface area contributed by atoms with Gasteiger partial charge in [-0.15, -0.1) is 0 Å². The molecule has 0 aromatic heterocycles. The quantitative estimate of drug-likeness (QED) is 0.769. The number of rotatable bonds is 3. The van der Waals surface area contributed by atoms with E-state index in [4.69, 9.17) is 0 Å². The largest absolute Gasteiger partial charge is 0.342 e. The maximum atomic E-state index is 12.0. The molecular weight excluding hydrogens is 238 g/mol. The van der Waals surface area contributed by atoms with Crippen LogP contribution < -0.4 is 10.6 Å². The van der Waals surface area contributed by atoms with Gasteiger partial charge in [0.1, 0.15) is 6.04 Å². The lowest BCUT2D eigenvalue weighted by Gasteiger charge is -2.29. The first-order chi connectivity index (χ1) is 8.16. The van der Waals surface area contributed by atoms with E-state index in [1.165, 1.54) is 24.6 Å². The van der Waals surface area contributed by atoms with Crippen LogP contribution in [0.2, 0.25) is 0 Å². The Bertz CT molecular complexity index is 305. The van der Waals surface area contributed by atoms with Crippen LogP contribution >= 0.6 is 11.8 Å². The summed E-state index contributed by atoms with van der Waals surface area (Å²) in [7, 11) is 1.81. The van der Waals surface area contributed by atoms with E-state index in [2.05, 4.69) is 10.6 Å². The van der Waals surface area contributed by atoms with Gasteiger partial charge in [-0.25, -0.2) is 0 Å². The van der Waals surface area contributed by atoms with Crippen molar-refractivity contribution in [3.8, 4) is 0 Å². The van der Waals surface area contributed by atoms with E-state index < -0.39 is 0 Å². The summed E-state index contributed by atoms with van der Waals surface area (Å²) >= 11 is 1.18. The highest BCUT2D eigenvalue weighted by atomic mass is 32.2. The predicted octanol–water partition coefficient (Wildman–Crippen LogP) is 0.412. The zero-order valence-electron chi connectivity index (χ0n) is 10.1. The van der Waals surface area contributed by atoms with Gasteiger partial charge in [0.25, 0.3) is 5.24 Å². The molecule has 2 atom stereocenters. The van der Waals surface area contributed by atoms with Crippen molar-refractivity contribution in [2.75, 3.05) is 25.9 Å². The molecule has 2 unspecified atom stereocenters. The third-order valence-electron chi connectivity index (χ3n) is 3.25. The highest BCUT2D eigenvalue weighted by Gasteiger charge is 2.30. The minimum atomic E-state index is -0.332. The summed E-state index contributed by atoms with van der Waals surface area (Å²) in [5.41, 5.74) is 0. The van der Waals surface area contributed by atoms with E-state index in [1.807, 2.05) is 7.05 Å². The van der Waals surface area contributed by atoms with Crippen molar-refractivity contribution in [3.63, 3.8) is 0 Å². The van der Waals surface area contributed by atoms with E-state index in [9.17, 15) is 9.59 Å². The molecule has 2 rings (SSSR count). The van der Waals surface area contributed by atoms with Crippen molar-refractivity contribution in [3.05, 3.63) is 0 Å². The minimum absolute atomic E-state index is 0.0238. The first-order valence-electron chi connectivity index (χ1n) is 6.08. The summed E-state index contributed by atoms with van der Waals surface area (Å²) in [6, 6.07) is 0.0727. The van der Waals surface area contributed by atoms with Crippen LogP contribution in [0.1, 0.15) is 19.3 Å². The topological polar surface area (TPSA) is 61.4 Å². The molecule has 2 amide bonds. The van der Waals surface area contributed by atoms with Crippen molar-refractivity contribution in [2.24, 2.45) is 0 Å². The first-order valence-corrected chi connectivity index (χ1v) is 7.07. The average molecular weight is 257 g/mol. The van der Waals surface area contributed by atoms with Crippen molar-refractivity contribution < 1.29 is 9.59 Å². The fourth-order valence-corrected chi connectivity index (χ4v) is 3.05. The molecule has 2 N–H and O–H groups in total. The Balaban J connectivity index is 1.80. The van der Waals surface area contributed by atoms with Gasteiger partial charge in [0.05, 0.1) is 0 Å². The van der Waals surface area contributed by atoms with Gasteiger partial charge in [-0.05, 0) is 19.4 Å². The molecule has 17 heavy (non-hydrogen) atoms. The van der Waals surface area contributed by atoms with Gasteiger partial charge in [-0.2, -0.15) is 0 Å². The van der Waals surface area contributed by atoms with Crippen molar-refractivity contribution >= 4 is 22.9 Å². The molecular formula is C11H19N3O2S. The molecule has 5 nitrogen and oxygen atoms in total. The molecule has 2 aliphatic rings. The second-order valence-electron chi connectivity index (χ2n) is 4.66. The number of hydrogen-bond donors (Lipinski definition) is 2. The maximum Gasteiger partial charge on any atom is 0.279 e. The smallest absolute Gasteiger partial charge is 0.279 e. The molecule has 0 spiro atoms. The summed E-state index contributed by atoms with van der Waals surface area (Å²) in [5.74, 6) is 0.579. The molecule has 0 aromatic rings. The van der Waals surface area contributed by atoms with E-state index in [0.29, 0.717) is 11.8 Å². The van der Waals surface area contributed by atoms with Crippen molar-refractivity contribution in [1.29, 1.82) is 0 Å². The number of likely N-dealkylation sites (N-methyl/N-ethyl adjacent to an activating group) is 1. The van der Waals surface area contributed by atoms with Gasteiger partial charge in [-0.3, -0.25) is 9.59 Å². The lowest BCUT2D eigenvalue weighted by atomic mass is 10.0. The third kappa shape index (κ3) is 3.35. The number of amides is 2. The fraction of sp³-hybridized carbons (Fsp3) is 0.818. The van der Waals surface area contributed by atoms with Crippen LogP contribution in [-0.4, -0.2) is 54.0 Å². The standard InChI is InChI=1S/C11H19N3O2S/c1-14(6-8-4-2-3-5-12-8)10(15)9-7-17-11(16)13-9/h8-9,12H,2-7H2,1H3,(H,13,16). The maximum absolute atomic E-state index is 12.0. The predicted molar refractivity (Wildman–Crippen MR) is 68.1 cm³/mol. The van der Waals surface area contributed by atoms with Crippen LogP contribution in [0.5, 0.6) is 0 Å². The Labute approximate surface area is 106 Å². The van der Waals surface area contributed by atoms with Crippen molar-refractivity contribution in [1.82, 2.24) is 15.5 Å². The molecule has 6 heteroatoms. The molecule has 0 aliphatic carbocycles. The van der Waals surface area contributed by atoms with Gasteiger partial charge in [0, 0.05) is 25.4 Å². The molecule has 96 valence electrons. The van der Waals surface area contributed by atoms with Gasteiger partial charge < -0.3 is 15.5 Å². The van der Waals surface area contributed by atoms with Crippen LogP contribution in [0.25, 0.3) is 0 Å². The normalized spacial score (nSPS) is 28.9. The number of thioether (sulfide) groups is 1. The zero-order chi connectivity index (χ0) is 12.3. The molecule has 2 heterocycles. The first kappa shape index (κ1) is 12.7. The Hall–Kier alpha value is -0.750. The Morgan fingerprint density at radius 1 is 1.53 bits per heavy atom. The monoisotopic (exact) mass is 257 g/mol. The van der Waals surface area contributed by atoms with Crippen molar-refractivity contribution in [2.45, 2.75) is 31.3 Å². The highest BCUT2D eigenvalue weighted by molar-refractivity contribution is 8.14. The molecule has 0 bridgehead atoms. The second-order valence-corrected chi connectivity index (χ2v) is 5.65. The molecule has 0 radical (unpaired) electrons. The van der Waals surface area contributed by atoms with Gasteiger partial charge >= 0.3 is 0 Å². The Kier molecular flexibility index (Phi) is 4.28. The fourth-order valence-electron chi connectivity index (χ4n) is 2.28. The molecule has 0 saturated carbocycles. The highest BCUT2D eigenvalue weighted by Crippen LogP contribution is 2.15.